The van der Waals surface area contributed by atoms with Crippen molar-refractivity contribution in [2.45, 2.75) is 45.4 Å². The molecule has 0 saturated heterocycles. The Balaban J connectivity index is 1.67. The van der Waals surface area contributed by atoms with Gasteiger partial charge in [0.2, 0.25) is 0 Å². The monoisotopic (exact) mass is 335 g/mol. The highest BCUT2D eigenvalue weighted by atomic mass is 16.5. The summed E-state index contributed by atoms with van der Waals surface area (Å²) in [6.07, 6.45) is 19.6. The van der Waals surface area contributed by atoms with Gasteiger partial charge in [-0.1, -0.05) is 75.5 Å². The van der Waals surface area contributed by atoms with Crippen molar-refractivity contribution < 1.29 is 4.74 Å². The summed E-state index contributed by atoms with van der Waals surface area (Å²) < 4.78 is 5.81. The van der Waals surface area contributed by atoms with Gasteiger partial charge < -0.3 is 4.74 Å². The number of hydrogen-bond acceptors (Lipinski definition) is 2. The van der Waals surface area contributed by atoms with Gasteiger partial charge in [0.1, 0.15) is 5.75 Å². The van der Waals surface area contributed by atoms with Crippen LogP contribution in [0.15, 0.2) is 60.9 Å². The minimum Gasteiger partial charge on any atom is -0.494 e. The molecule has 2 rings (SSSR count). The van der Waals surface area contributed by atoms with Gasteiger partial charge in [-0.2, -0.15) is 0 Å². The number of aromatic nitrogens is 1. The highest BCUT2D eigenvalue weighted by Gasteiger charge is 1.94. The van der Waals surface area contributed by atoms with Gasteiger partial charge in [0, 0.05) is 12.4 Å². The highest BCUT2D eigenvalue weighted by Crippen LogP contribution is 2.14. The fourth-order valence-corrected chi connectivity index (χ4v) is 2.56. The molecule has 0 N–H and O–H groups in total. The fraction of sp³-hybridized carbons (Fsp3) is 0.348. The van der Waals surface area contributed by atoms with E-state index >= 15 is 0 Å². The number of unbranched alkanes of at least 4 members (excludes halogenated alkanes) is 5. The SMILES string of the molecule is CCCCCCCCOc1ccc(/C=C/C=C/c2ccncc2)cc1. The van der Waals surface area contributed by atoms with E-state index in [2.05, 4.69) is 36.2 Å². The smallest absolute Gasteiger partial charge is 0.119 e. The number of ether oxygens (including phenoxy) is 1. The normalized spacial score (nSPS) is 11.4. The van der Waals surface area contributed by atoms with Crippen LogP contribution in [0.4, 0.5) is 0 Å². The maximum atomic E-state index is 5.81. The molecule has 1 aromatic carbocycles. The molecule has 0 aliphatic rings. The molecule has 0 aliphatic heterocycles. The van der Waals surface area contributed by atoms with Crippen LogP contribution < -0.4 is 4.74 Å². The molecule has 1 heterocycles. The maximum absolute atomic E-state index is 5.81. The molecule has 2 aromatic rings. The molecule has 0 unspecified atom stereocenters. The Kier molecular flexibility index (Phi) is 9.17. The number of nitrogens with zero attached hydrogens (tertiary/aromatic N) is 1. The number of benzene rings is 1. The Morgan fingerprint density at radius 3 is 2.04 bits per heavy atom. The molecule has 0 saturated carbocycles. The lowest BCUT2D eigenvalue weighted by Crippen LogP contribution is -1.97. The number of allylic oxidation sites excluding steroid dienone is 2. The van der Waals surface area contributed by atoms with Crippen LogP contribution in [-0.4, -0.2) is 11.6 Å². The third-order valence-electron chi connectivity index (χ3n) is 4.04. The number of hydrogen-bond donors (Lipinski definition) is 0. The van der Waals surface area contributed by atoms with Gasteiger partial charge in [0.25, 0.3) is 0 Å². The van der Waals surface area contributed by atoms with Crippen molar-refractivity contribution in [3.05, 3.63) is 72.1 Å². The first-order chi connectivity index (χ1) is 12.4. The van der Waals surface area contributed by atoms with Gasteiger partial charge in [0.15, 0.2) is 0 Å². The maximum Gasteiger partial charge on any atom is 0.119 e. The van der Waals surface area contributed by atoms with Crippen LogP contribution in [-0.2, 0) is 0 Å². The van der Waals surface area contributed by atoms with Gasteiger partial charge in [-0.3, -0.25) is 4.98 Å². The first-order valence-electron chi connectivity index (χ1n) is 9.36. The van der Waals surface area contributed by atoms with E-state index in [0.29, 0.717) is 0 Å². The summed E-state index contributed by atoms with van der Waals surface area (Å²) >= 11 is 0. The summed E-state index contributed by atoms with van der Waals surface area (Å²) in [6, 6.07) is 12.2. The largest absolute Gasteiger partial charge is 0.494 e. The molecule has 2 nitrogen and oxygen atoms in total. The lowest BCUT2D eigenvalue weighted by molar-refractivity contribution is 0.304. The topological polar surface area (TPSA) is 22.1 Å². The Hall–Kier alpha value is -2.35. The average molecular weight is 335 g/mol. The molecule has 0 atom stereocenters. The van der Waals surface area contributed by atoms with Gasteiger partial charge in [-0.15, -0.1) is 0 Å². The molecule has 132 valence electrons. The lowest BCUT2D eigenvalue weighted by Gasteiger charge is -2.06. The van der Waals surface area contributed by atoms with Crippen molar-refractivity contribution in [2.75, 3.05) is 6.61 Å². The molecule has 25 heavy (non-hydrogen) atoms. The van der Waals surface area contributed by atoms with E-state index in [-0.39, 0.29) is 0 Å². The zero-order valence-electron chi connectivity index (χ0n) is 15.2. The molecule has 0 amide bonds. The zero-order chi connectivity index (χ0) is 17.6. The van der Waals surface area contributed by atoms with Crippen LogP contribution in [0, 0.1) is 0 Å². The predicted molar refractivity (Wildman–Crippen MR) is 108 cm³/mol. The van der Waals surface area contributed by atoms with Crippen LogP contribution in [0.5, 0.6) is 5.75 Å². The van der Waals surface area contributed by atoms with Crippen LogP contribution in [0.25, 0.3) is 12.2 Å². The second kappa shape index (κ2) is 12.1. The van der Waals surface area contributed by atoms with E-state index in [1.54, 1.807) is 12.4 Å². The van der Waals surface area contributed by atoms with Crippen LogP contribution >= 0.6 is 0 Å². The van der Waals surface area contributed by atoms with E-state index in [0.717, 1.165) is 24.3 Å². The highest BCUT2D eigenvalue weighted by molar-refractivity contribution is 5.57. The van der Waals surface area contributed by atoms with Crippen molar-refractivity contribution in [2.24, 2.45) is 0 Å². The molecule has 2 heteroatoms. The average Bonchev–Trinajstić information content (AvgIpc) is 2.66. The van der Waals surface area contributed by atoms with Crippen LogP contribution in [0.2, 0.25) is 0 Å². The van der Waals surface area contributed by atoms with Crippen LogP contribution in [0.1, 0.15) is 56.6 Å². The first kappa shape index (κ1) is 19.0. The molecule has 0 fully saturated rings. The molecule has 0 spiro atoms. The summed E-state index contributed by atoms with van der Waals surface area (Å²) in [6.45, 7) is 3.06. The molecule has 0 radical (unpaired) electrons. The number of rotatable bonds is 11. The van der Waals surface area contributed by atoms with E-state index < -0.39 is 0 Å². The van der Waals surface area contributed by atoms with E-state index in [9.17, 15) is 0 Å². The zero-order valence-corrected chi connectivity index (χ0v) is 15.2. The van der Waals surface area contributed by atoms with E-state index in [1.165, 1.54) is 37.7 Å². The Bertz CT molecular complexity index is 629. The summed E-state index contributed by atoms with van der Waals surface area (Å²) in [7, 11) is 0. The quantitative estimate of drug-likeness (QED) is 0.343. The van der Waals surface area contributed by atoms with Crippen molar-refractivity contribution in [3.63, 3.8) is 0 Å². The van der Waals surface area contributed by atoms with Crippen molar-refractivity contribution in [3.8, 4) is 5.75 Å². The number of pyridine rings is 1. The Morgan fingerprint density at radius 1 is 0.760 bits per heavy atom. The van der Waals surface area contributed by atoms with Gasteiger partial charge in [0.05, 0.1) is 6.61 Å². The molecule has 1 aromatic heterocycles. The molecule has 0 aliphatic carbocycles. The lowest BCUT2D eigenvalue weighted by atomic mass is 10.1. The minimum atomic E-state index is 0.815. The van der Waals surface area contributed by atoms with Gasteiger partial charge in [-0.25, -0.2) is 0 Å². The third-order valence-corrected chi connectivity index (χ3v) is 4.04. The van der Waals surface area contributed by atoms with Gasteiger partial charge in [-0.05, 0) is 41.8 Å². The van der Waals surface area contributed by atoms with Gasteiger partial charge >= 0.3 is 0 Å². The second-order valence-corrected chi connectivity index (χ2v) is 6.18. The van der Waals surface area contributed by atoms with Crippen molar-refractivity contribution in [1.82, 2.24) is 4.98 Å². The molecule has 0 bridgehead atoms. The molecular formula is C23H29NO. The Morgan fingerprint density at radius 2 is 1.36 bits per heavy atom. The second-order valence-electron chi connectivity index (χ2n) is 6.18. The summed E-state index contributed by atoms with van der Waals surface area (Å²) in [5.41, 5.74) is 2.32. The van der Waals surface area contributed by atoms with Crippen molar-refractivity contribution >= 4 is 12.2 Å². The minimum absolute atomic E-state index is 0.815. The predicted octanol–water partition coefficient (Wildman–Crippen LogP) is 6.55. The summed E-state index contributed by atoms with van der Waals surface area (Å²) in [5, 5.41) is 0. The van der Waals surface area contributed by atoms with Crippen molar-refractivity contribution in [1.29, 1.82) is 0 Å². The summed E-state index contributed by atoms with van der Waals surface area (Å²) in [5.74, 6) is 0.957. The standard InChI is InChI=1S/C23H29NO/c1-2-3-4-5-6-9-20-25-23-14-12-21(13-15-23)10-7-8-11-22-16-18-24-19-17-22/h7-8,10-19H,2-6,9,20H2,1H3/b10-7+,11-8+. The first-order valence-corrected chi connectivity index (χ1v) is 9.36. The summed E-state index contributed by atoms with van der Waals surface area (Å²) in [4.78, 5) is 4.01. The molecular weight excluding hydrogens is 306 g/mol. The fourth-order valence-electron chi connectivity index (χ4n) is 2.56. The van der Waals surface area contributed by atoms with E-state index in [4.69, 9.17) is 4.74 Å². The Labute approximate surface area is 152 Å². The van der Waals surface area contributed by atoms with E-state index in [1.807, 2.05) is 36.4 Å². The third kappa shape index (κ3) is 8.35. The van der Waals surface area contributed by atoms with Crippen LogP contribution in [0.3, 0.4) is 0 Å².